The molecular weight excluding hydrogens is 731 g/mol. The van der Waals surface area contributed by atoms with Crippen molar-refractivity contribution in [3.63, 3.8) is 0 Å². The topological polar surface area (TPSA) is 149 Å². The zero-order valence-electron chi connectivity index (χ0n) is 37.3. The summed E-state index contributed by atoms with van der Waals surface area (Å²) in [7, 11) is 0. The Kier molecular flexibility index (Phi) is 37.1. The van der Waals surface area contributed by atoms with Gasteiger partial charge in [-0.2, -0.15) is 0 Å². The van der Waals surface area contributed by atoms with Gasteiger partial charge in [0.1, 0.15) is 24.4 Å². The lowest BCUT2D eigenvalue weighted by Crippen LogP contribution is -2.60. The van der Waals surface area contributed by atoms with Crippen LogP contribution in [-0.2, 0) is 14.3 Å². The van der Waals surface area contributed by atoms with Crippen LogP contribution < -0.4 is 5.32 Å². The summed E-state index contributed by atoms with van der Waals surface area (Å²) >= 11 is 0. The van der Waals surface area contributed by atoms with Gasteiger partial charge in [0.15, 0.2) is 6.29 Å². The second-order valence-electron chi connectivity index (χ2n) is 16.9. The molecule has 1 aliphatic rings. The molecular formula is C49H91NO8. The van der Waals surface area contributed by atoms with E-state index >= 15 is 0 Å². The highest BCUT2D eigenvalue weighted by Gasteiger charge is 2.44. The van der Waals surface area contributed by atoms with Gasteiger partial charge in [-0.25, -0.2) is 0 Å². The van der Waals surface area contributed by atoms with E-state index in [2.05, 4.69) is 43.5 Å². The van der Waals surface area contributed by atoms with Gasteiger partial charge in [0.25, 0.3) is 0 Å². The molecule has 1 saturated heterocycles. The lowest BCUT2D eigenvalue weighted by Gasteiger charge is -2.40. The number of carbonyl (C=O) groups excluding carboxylic acids is 1. The Morgan fingerprint density at radius 1 is 0.586 bits per heavy atom. The standard InChI is InChI=1S/C49H91NO8/c1-3-5-7-9-11-12-13-14-15-16-17-18-19-20-21-22-23-24-25-26-27-28-29-30-31-32-33-35-37-39-45(53)50-42(43(52)38-36-34-10-8-6-4-2)41-57-49-48(56)47(55)46(54)44(40-51)58-49/h13-14,16-17,36,38,42-44,46-49,51-52,54-56H,3-12,15,18-35,37,39-41H2,1-2H3,(H,50,53)/b14-13-,17-16-,38-36+. The molecule has 1 heterocycles. The van der Waals surface area contributed by atoms with Crippen molar-refractivity contribution in [2.24, 2.45) is 0 Å². The van der Waals surface area contributed by atoms with E-state index < -0.39 is 49.5 Å². The third-order valence-corrected chi connectivity index (χ3v) is 11.5. The van der Waals surface area contributed by atoms with Gasteiger partial charge in [0.05, 0.1) is 25.4 Å². The van der Waals surface area contributed by atoms with Crippen LogP contribution in [0.15, 0.2) is 36.5 Å². The molecule has 0 spiro atoms. The number of aliphatic hydroxyl groups is 5. The van der Waals surface area contributed by atoms with Gasteiger partial charge in [-0.15, -0.1) is 0 Å². The lowest BCUT2D eigenvalue weighted by atomic mass is 9.99. The van der Waals surface area contributed by atoms with Crippen molar-refractivity contribution in [1.82, 2.24) is 5.32 Å². The Bertz CT molecular complexity index is 1000. The van der Waals surface area contributed by atoms with E-state index in [1.807, 2.05) is 6.08 Å². The molecule has 1 fully saturated rings. The number of amides is 1. The van der Waals surface area contributed by atoms with Crippen LogP contribution in [0.25, 0.3) is 0 Å². The first kappa shape index (κ1) is 54.4. The van der Waals surface area contributed by atoms with Crippen LogP contribution in [0.1, 0.15) is 213 Å². The van der Waals surface area contributed by atoms with Crippen molar-refractivity contribution in [1.29, 1.82) is 0 Å². The summed E-state index contributed by atoms with van der Waals surface area (Å²) in [6, 6.07) is -0.799. The van der Waals surface area contributed by atoms with Crippen molar-refractivity contribution in [2.45, 2.75) is 256 Å². The first-order valence-corrected chi connectivity index (χ1v) is 24.2. The molecule has 0 saturated carbocycles. The van der Waals surface area contributed by atoms with E-state index in [-0.39, 0.29) is 12.5 Å². The van der Waals surface area contributed by atoms with Gasteiger partial charge in [0.2, 0.25) is 5.91 Å². The zero-order chi connectivity index (χ0) is 42.3. The van der Waals surface area contributed by atoms with Crippen LogP contribution in [0.4, 0.5) is 0 Å². The summed E-state index contributed by atoms with van der Waals surface area (Å²) in [4.78, 5) is 12.9. The molecule has 58 heavy (non-hydrogen) atoms. The van der Waals surface area contributed by atoms with E-state index in [0.29, 0.717) is 6.42 Å². The third kappa shape index (κ3) is 29.6. The first-order valence-electron chi connectivity index (χ1n) is 24.2. The number of hydrogen-bond donors (Lipinski definition) is 6. The largest absolute Gasteiger partial charge is 0.394 e. The number of rotatable bonds is 40. The third-order valence-electron chi connectivity index (χ3n) is 11.5. The van der Waals surface area contributed by atoms with E-state index in [0.717, 1.165) is 51.4 Å². The molecule has 0 radical (unpaired) electrons. The van der Waals surface area contributed by atoms with E-state index in [1.54, 1.807) is 6.08 Å². The maximum Gasteiger partial charge on any atom is 0.220 e. The van der Waals surface area contributed by atoms with Crippen molar-refractivity contribution in [3.8, 4) is 0 Å². The average molecular weight is 822 g/mol. The summed E-state index contributed by atoms with van der Waals surface area (Å²) in [6.45, 7) is 3.68. The predicted octanol–water partition coefficient (Wildman–Crippen LogP) is 10.5. The molecule has 6 N–H and O–H groups in total. The van der Waals surface area contributed by atoms with Gasteiger partial charge in [-0.1, -0.05) is 192 Å². The predicted molar refractivity (Wildman–Crippen MR) is 240 cm³/mol. The molecule has 0 aromatic carbocycles. The van der Waals surface area contributed by atoms with Crippen LogP contribution in [-0.4, -0.2) is 87.5 Å². The van der Waals surface area contributed by atoms with Crippen LogP contribution in [0.2, 0.25) is 0 Å². The minimum atomic E-state index is -1.56. The summed E-state index contributed by atoms with van der Waals surface area (Å²) in [5.74, 6) is -0.182. The van der Waals surface area contributed by atoms with Crippen molar-refractivity contribution >= 4 is 5.91 Å². The molecule has 7 unspecified atom stereocenters. The SMILES string of the molecule is CCCCCC/C=C/C(O)C(COC1OC(CO)C(O)C(O)C1O)NC(=O)CCCCCCCCCCCCCCCCCCC/C=C\C/C=C\CCCCCCC. The number of nitrogens with one attached hydrogen (secondary N) is 1. The number of ether oxygens (including phenoxy) is 2. The highest BCUT2D eigenvalue weighted by atomic mass is 16.7. The minimum Gasteiger partial charge on any atom is -0.394 e. The number of carbonyl (C=O) groups is 1. The molecule has 7 atom stereocenters. The van der Waals surface area contributed by atoms with E-state index in [4.69, 9.17) is 9.47 Å². The minimum absolute atomic E-state index is 0.182. The second kappa shape index (κ2) is 39.5. The molecule has 1 rings (SSSR count). The molecule has 9 heteroatoms. The normalized spacial score (nSPS) is 21.1. The maximum absolute atomic E-state index is 12.9. The van der Waals surface area contributed by atoms with Gasteiger partial charge in [0, 0.05) is 6.42 Å². The highest BCUT2D eigenvalue weighted by Crippen LogP contribution is 2.23. The molecule has 0 bridgehead atoms. The fraction of sp³-hybridized carbons (Fsp3) is 0.857. The molecule has 0 aromatic rings. The maximum atomic E-state index is 12.9. The van der Waals surface area contributed by atoms with Crippen LogP contribution >= 0.6 is 0 Å². The average Bonchev–Trinajstić information content (AvgIpc) is 3.22. The Hall–Kier alpha value is -1.59. The number of allylic oxidation sites excluding steroid dienone is 5. The molecule has 1 aliphatic heterocycles. The summed E-state index contributed by atoms with van der Waals surface area (Å²) in [6.07, 6.45) is 42.5. The fourth-order valence-corrected chi connectivity index (χ4v) is 7.54. The van der Waals surface area contributed by atoms with Gasteiger partial charge in [-0.3, -0.25) is 4.79 Å². The van der Waals surface area contributed by atoms with Crippen molar-refractivity contribution < 1.29 is 39.8 Å². The van der Waals surface area contributed by atoms with Gasteiger partial charge >= 0.3 is 0 Å². The molecule has 340 valence electrons. The smallest absolute Gasteiger partial charge is 0.220 e. The van der Waals surface area contributed by atoms with Crippen LogP contribution in [0.3, 0.4) is 0 Å². The summed E-state index contributed by atoms with van der Waals surface area (Å²) in [5, 5.41) is 53.8. The first-order chi connectivity index (χ1) is 28.3. The molecule has 9 nitrogen and oxygen atoms in total. The van der Waals surface area contributed by atoms with E-state index in [9.17, 15) is 30.3 Å². The van der Waals surface area contributed by atoms with Gasteiger partial charge in [-0.05, 0) is 51.4 Å². The number of aliphatic hydroxyl groups excluding tert-OH is 5. The second-order valence-corrected chi connectivity index (χ2v) is 16.9. The van der Waals surface area contributed by atoms with Crippen LogP contribution in [0, 0.1) is 0 Å². The Balaban J connectivity index is 2.08. The Morgan fingerprint density at radius 3 is 1.50 bits per heavy atom. The zero-order valence-corrected chi connectivity index (χ0v) is 37.3. The van der Waals surface area contributed by atoms with Crippen molar-refractivity contribution in [3.05, 3.63) is 36.5 Å². The summed E-state index contributed by atoms with van der Waals surface area (Å²) < 4.78 is 11.1. The van der Waals surface area contributed by atoms with E-state index in [1.165, 1.54) is 141 Å². The van der Waals surface area contributed by atoms with Gasteiger partial charge < -0.3 is 40.3 Å². The number of unbranched alkanes of at least 4 members (excludes halogenated alkanes) is 26. The Morgan fingerprint density at radius 2 is 1.02 bits per heavy atom. The quantitative estimate of drug-likeness (QED) is 0.0264. The van der Waals surface area contributed by atoms with Crippen molar-refractivity contribution in [2.75, 3.05) is 13.2 Å². The fourth-order valence-electron chi connectivity index (χ4n) is 7.54. The molecule has 1 amide bonds. The summed E-state index contributed by atoms with van der Waals surface area (Å²) in [5.41, 5.74) is 0. The number of hydrogen-bond acceptors (Lipinski definition) is 8. The lowest BCUT2D eigenvalue weighted by molar-refractivity contribution is -0.302. The highest BCUT2D eigenvalue weighted by molar-refractivity contribution is 5.76. The monoisotopic (exact) mass is 822 g/mol. The van der Waals surface area contributed by atoms with Crippen LogP contribution in [0.5, 0.6) is 0 Å². The molecule has 0 aliphatic carbocycles. The Labute approximate surface area is 355 Å². The molecule has 0 aromatic heterocycles.